The van der Waals surface area contributed by atoms with Gasteiger partial charge in [0, 0.05) is 16.8 Å². The number of hydrogen-bond acceptors (Lipinski definition) is 5. The van der Waals surface area contributed by atoms with E-state index in [1.54, 1.807) is 13.0 Å². The molecule has 0 aromatic heterocycles. The Labute approximate surface area is 98.3 Å². The lowest BCUT2D eigenvalue weighted by Gasteiger charge is -2.12. The average Bonchev–Trinajstić information content (AvgIpc) is 2.63. The summed E-state index contributed by atoms with van der Waals surface area (Å²) < 4.78 is 17.2. The van der Waals surface area contributed by atoms with Gasteiger partial charge in [-0.2, -0.15) is 0 Å². The molecular formula is C9H15O3PS2. The summed E-state index contributed by atoms with van der Waals surface area (Å²) in [5.41, 5.74) is -2.36. The summed E-state index contributed by atoms with van der Waals surface area (Å²) >= 11 is 2.96. The number of hydrogen-bond donors (Lipinski definition) is 0. The number of carbonyl (C=O) groups excluding carboxylic acids is 1. The molecule has 0 aromatic rings. The Bertz CT molecular complexity index is 304. The summed E-state index contributed by atoms with van der Waals surface area (Å²) in [4.78, 5) is 11.3. The Morgan fingerprint density at radius 3 is 2.53 bits per heavy atom. The third-order valence-corrected chi connectivity index (χ3v) is 11.2. The molecule has 0 spiro atoms. The highest BCUT2D eigenvalue weighted by Crippen LogP contribution is 2.78. The minimum atomic E-state index is -2.36. The van der Waals surface area contributed by atoms with Crippen LogP contribution in [-0.2, 0) is 14.1 Å². The molecule has 86 valence electrons. The Morgan fingerprint density at radius 1 is 1.47 bits per heavy atom. The SMILES string of the molecule is C/C=C(\CC(=O)OCC)P1(=O)SCCS1. The lowest BCUT2D eigenvalue weighted by Crippen LogP contribution is -2.04. The van der Waals surface area contributed by atoms with Gasteiger partial charge in [0.2, 0.25) is 5.55 Å². The lowest BCUT2D eigenvalue weighted by molar-refractivity contribution is -0.142. The first-order valence-electron chi connectivity index (χ1n) is 4.83. The van der Waals surface area contributed by atoms with E-state index in [2.05, 4.69) is 0 Å². The molecule has 6 heteroatoms. The van der Waals surface area contributed by atoms with E-state index in [1.165, 1.54) is 22.8 Å². The van der Waals surface area contributed by atoms with E-state index in [-0.39, 0.29) is 12.4 Å². The maximum Gasteiger partial charge on any atom is 0.310 e. The predicted molar refractivity (Wildman–Crippen MR) is 67.5 cm³/mol. The second-order valence-corrected chi connectivity index (χ2v) is 11.2. The van der Waals surface area contributed by atoms with Crippen molar-refractivity contribution < 1.29 is 14.1 Å². The molecule has 1 saturated heterocycles. The molecule has 15 heavy (non-hydrogen) atoms. The van der Waals surface area contributed by atoms with Crippen LogP contribution in [0.1, 0.15) is 20.3 Å². The summed E-state index contributed by atoms with van der Waals surface area (Å²) in [7, 11) is 0. The molecule has 0 aliphatic carbocycles. The Kier molecular flexibility index (Phi) is 5.30. The quantitative estimate of drug-likeness (QED) is 0.575. The van der Waals surface area contributed by atoms with E-state index in [0.717, 1.165) is 16.8 Å². The molecule has 1 fully saturated rings. The second-order valence-electron chi connectivity index (χ2n) is 2.93. The molecule has 0 amide bonds. The van der Waals surface area contributed by atoms with Gasteiger partial charge in [0.1, 0.15) is 0 Å². The maximum absolute atomic E-state index is 12.3. The van der Waals surface area contributed by atoms with Crippen LogP contribution in [0.4, 0.5) is 0 Å². The maximum atomic E-state index is 12.3. The molecule has 1 heterocycles. The van der Waals surface area contributed by atoms with E-state index < -0.39 is 5.55 Å². The van der Waals surface area contributed by atoms with Crippen molar-refractivity contribution in [2.45, 2.75) is 20.3 Å². The molecule has 3 nitrogen and oxygen atoms in total. The fourth-order valence-electron chi connectivity index (χ4n) is 1.23. The molecule has 0 atom stereocenters. The largest absolute Gasteiger partial charge is 0.466 e. The number of allylic oxidation sites excluding steroid dienone is 1. The van der Waals surface area contributed by atoms with Crippen LogP contribution >= 0.6 is 28.3 Å². The molecule has 0 saturated carbocycles. The third kappa shape index (κ3) is 3.58. The van der Waals surface area contributed by atoms with Crippen LogP contribution in [0, 0.1) is 0 Å². The topological polar surface area (TPSA) is 43.4 Å². The van der Waals surface area contributed by atoms with Crippen molar-refractivity contribution in [3.63, 3.8) is 0 Å². The Hall–Kier alpha value is 0.140. The first-order chi connectivity index (χ1) is 7.12. The van der Waals surface area contributed by atoms with Gasteiger partial charge in [0.25, 0.3) is 0 Å². The zero-order chi connectivity index (χ0) is 11.3. The fraction of sp³-hybridized carbons (Fsp3) is 0.667. The zero-order valence-corrected chi connectivity index (χ0v) is 11.4. The van der Waals surface area contributed by atoms with E-state index in [0.29, 0.717) is 6.61 Å². The Balaban J connectivity index is 2.65. The average molecular weight is 266 g/mol. The highest BCUT2D eigenvalue weighted by atomic mass is 33.1. The van der Waals surface area contributed by atoms with E-state index in [4.69, 9.17) is 4.74 Å². The van der Waals surface area contributed by atoms with Crippen molar-refractivity contribution in [3.8, 4) is 0 Å². The molecule has 0 radical (unpaired) electrons. The van der Waals surface area contributed by atoms with Crippen molar-refractivity contribution in [1.82, 2.24) is 0 Å². The molecule has 1 aliphatic rings. The first-order valence-corrected chi connectivity index (χ1v) is 9.71. The van der Waals surface area contributed by atoms with Crippen molar-refractivity contribution in [2.75, 3.05) is 18.1 Å². The van der Waals surface area contributed by atoms with E-state index >= 15 is 0 Å². The molecule has 1 rings (SSSR count). The van der Waals surface area contributed by atoms with Gasteiger partial charge >= 0.3 is 5.97 Å². The van der Waals surface area contributed by atoms with Gasteiger partial charge in [0.15, 0.2) is 0 Å². The van der Waals surface area contributed by atoms with E-state index in [9.17, 15) is 9.36 Å². The van der Waals surface area contributed by atoms with Crippen molar-refractivity contribution in [1.29, 1.82) is 0 Å². The number of rotatable bonds is 4. The summed E-state index contributed by atoms with van der Waals surface area (Å²) in [5, 5.41) is 0.744. The molecule has 0 N–H and O–H groups in total. The van der Waals surface area contributed by atoms with Gasteiger partial charge in [-0.15, -0.1) is 0 Å². The summed E-state index contributed by atoms with van der Waals surface area (Å²) in [6.45, 7) is 3.97. The lowest BCUT2D eigenvalue weighted by atomic mass is 10.4. The number of ether oxygens (including phenoxy) is 1. The minimum absolute atomic E-state index is 0.168. The Morgan fingerprint density at radius 2 is 2.07 bits per heavy atom. The van der Waals surface area contributed by atoms with Crippen molar-refractivity contribution in [2.24, 2.45) is 0 Å². The summed E-state index contributed by atoms with van der Waals surface area (Å²) in [5.74, 6) is 1.53. The number of esters is 1. The van der Waals surface area contributed by atoms with Crippen LogP contribution < -0.4 is 0 Å². The van der Waals surface area contributed by atoms with Gasteiger partial charge in [-0.1, -0.05) is 28.8 Å². The smallest absolute Gasteiger partial charge is 0.310 e. The van der Waals surface area contributed by atoms with Crippen LogP contribution in [0.3, 0.4) is 0 Å². The third-order valence-electron chi connectivity index (χ3n) is 1.92. The fourth-order valence-corrected chi connectivity index (χ4v) is 10.4. The monoisotopic (exact) mass is 266 g/mol. The van der Waals surface area contributed by atoms with Crippen molar-refractivity contribution >= 4 is 34.3 Å². The van der Waals surface area contributed by atoms with Crippen LogP contribution in [0.15, 0.2) is 11.4 Å². The first kappa shape index (κ1) is 13.2. The van der Waals surface area contributed by atoms with Crippen LogP contribution in [-0.4, -0.2) is 24.1 Å². The highest BCUT2D eigenvalue weighted by molar-refractivity contribution is 8.93. The standard InChI is InChI=1S/C9H15O3PS2/c1-3-8(7-9(10)12-4-2)13(11)14-5-6-15-13/h3H,4-7H2,1-2H3/b8-3+. The van der Waals surface area contributed by atoms with Gasteiger partial charge in [-0.05, 0) is 13.8 Å². The van der Waals surface area contributed by atoms with Gasteiger partial charge in [-0.25, -0.2) is 0 Å². The van der Waals surface area contributed by atoms with Gasteiger partial charge in [0.05, 0.1) is 13.0 Å². The molecule has 0 aromatic carbocycles. The summed E-state index contributed by atoms with van der Waals surface area (Å²) in [6.07, 6.45) is 1.96. The van der Waals surface area contributed by atoms with Gasteiger partial charge in [-0.3, -0.25) is 9.36 Å². The van der Waals surface area contributed by atoms with Crippen LogP contribution in [0.25, 0.3) is 0 Å². The molecule has 1 aliphatic heterocycles. The second kappa shape index (κ2) is 6.02. The molecule has 0 bridgehead atoms. The normalized spacial score (nSPS) is 20.3. The van der Waals surface area contributed by atoms with Crippen LogP contribution in [0.2, 0.25) is 0 Å². The molecular weight excluding hydrogens is 251 g/mol. The zero-order valence-electron chi connectivity index (χ0n) is 8.89. The minimum Gasteiger partial charge on any atom is -0.466 e. The van der Waals surface area contributed by atoms with Crippen LogP contribution in [0.5, 0.6) is 0 Å². The highest BCUT2D eigenvalue weighted by Gasteiger charge is 2.34. The number of carbonyl (C=O) groups is 1. The van der Waals surface area contributed by atoms with E-state index in [1.807, 2.05) is 6.92 Å². The van der Waals surface area contributed by atoms with Gasteiger partial charge < -0.3 is 4.74 Å². The predicted octanol–water partition coefficient (Wildman–Crippen LogP) is 3.52. The van der Waals surface area contributed by atoms with Crippen molar-refractivity contribution in [3.05, 3.63) is 11.4 Å². The summed E-state index contributed by atoms with van der Waals surface area (Å²) in [6, 6.07) is 0. The molecule has 0 unspecified atom stereocenters.